The third kappa shape index (κ3) is 2.76. The number of fused-ring (bicyclic) bond motifs is 3. The fourth-order valence-electron chi connectivity index (χ4n) is 2.85. The minimum Gasteiger partial charge on any atom is -0.496 e. The van der Waals surface area contributed by atoms with Crippen LogP contribution < -0.4 is 9.47 Å². The summed E-state index contributed by atoms with van der Waals surface area (Å²) >= 11 is 0. The van der Waals surface area contributed by atoms with Gasteiger partial charge in [-0.3, -0.25) is 4.79 Å². The molecule has 1 aromatic carbocycles. The average Bonchev–Trinajstić information content (AvgIpc) is 2.80. The van der Waals surface area contributed by atoms with Gasteiger partial charge in [-0.2, -0.15) is 0 Å². The number of carbonyl (C=O) groups is 2. The van der Waals surface area contributed by atoms with Crippen molar-refractivity contribution in [2.45, 2.75) is 26.4 Å². The predicted octanol–water partition coefficient (Wildman–Crippen LogP) is 2.64. The molecule has 6 nitrogen and oxygen atoms in total. The molecule has 0 aromatic heterocycles. The van der Waals surface area contributed by atoms with Crippen molar-refractivity contribution in [1.82, 2.24) is 0 Å². The Labute approximate surface area is 133 Å². The molecule has 1 atom stereocenters. The summed E-state index contributed by atoms with van der Waals surface area (Å²) in [6.45, 7) is 2.43. The molecule has 1 N–H and O–H groups in total. The number of benzene rings is 1. The number of hydrogen-bond donors (Lipinski definition) is 1. The van der Waals surface area contributed by atoms with Gasteiger partial charge >= 0.3 is 11.9 Å². The zero-order chi connectivity index (χ0) is 16.6. The van der Waals surface area contributed by atoms with Crippen LogP contribution in [0.3, 0.4) is 0 Å². The van der Waals surface area contributed by atoms with Gasteiger partial charge in [-0.1, -0.05) is 19.1 Å². The summed E-state index contributed by atoms with van der Waals surface area (Å²) in [4.78, 5) is 22.8. The molecule has 0 radical (unpaired) electrons. The molecule has 0 saturated heterocycles. The zero-order valence-electron chi connectivity index (χ0n) is 13.0. The normalized spacial score (nSPS) is 21.7. The van der Waals surface area contributed by atoms with E-state index < -0.39 is 17.4 Å². The van der Waals surface area contributed by atoms with Crippen LogP contribution in [0.25, 0.3) is 6.08 Å². The first-order valence-corrected chi connectivity index (χ1v) is 7.38. The molecule has 122 valence electrons. The number of carboxylic acid groups (broad SMARTS) is 1. The lowest BCUT2D eigenvalue weighted by Gasteiger charge is -2.24. The summed E-state index contributed by atoms with van der Waals surface area (Å²) in [5.74, 6) is -0.183. The number of carboxylic acids is 1. The molecule has 0 unspecified atom stereocenters. The van der Waals surface area contributed by atoms with Gasteiger partial charge in [0.25, 0.3) is 0 Å². The predicted molar refractivity (Wildman–Crippen MR) is 81.6 cm³/mol. The van der Waals surface area contributed by atoms with E-state index in [2.05, 4.69) is 0 Å². The van der Waals surface area contributed by atoms with Crippen molar-refractivity contribution in [2.75, 3.05) is 13.7 Å². The van der Waals surface area contributed by atoms with Crippen LogP contribution in [0.15, 0.2) is 12.1 Å². The zero-order valence-corrected chi connectivity index (χ0v) is 13.0. The minimum atomic E-state index is -0.844. The summed E-state index contributed by atoms with van der Waals surface area (Å²) in [5.41, 5.74) is 1.43. The van der Waals surface area contributed by atoms with Gasteiger partial charge in [0.2, 0.25) is 0 Å². The lowest BCUT2D eigenvalue weighted by atomic mass is 9.86. The molecule has 2 heterocycles. The molecule has 2 aliphatic heterocycles. The molecular formula is C17H18O6. The van der Waals surface area contributed by atoms with Crippen molar-refractivity contribution in [3.8, 4) is 11.5 Å². The maximum absolute atomic E-state index is 12.0. The van der Waals surface area contributed by atoms with E-state index in [1.807, 2.05) is 19.1 Å². The fraction of sp³-hybridized carbons (Fsp3) is 0.412. The van der Waals surface area contributed by atoms with Crippen molar-refractivity contribution in [3.05, 3.63) is 28.8 Å². The van der Waals surface area contributed by atoms with Crippen molar-refractivity contribution < 1.29 is 28.9 Å². The SMILES string of the molecule is COc1cc2c(c3c1C=C[C@@](C)(CCC(=O)O)CO3)C(=O)OC2. The van der Waals surface area contributed by atoms with Crippen LogP contribution in [0, 0.1) is 5.41 Å². The van der Waals surface area contributed by atoms with E-state index in [0.29, 0.717) is 29.0 Å². The third-order valence-corrected chi connectivity index (χ3v) is 4.25. The molecule has 0 saturated carbocycles. The quantitative estimate of drug-likeness (QED) is 0.859. The molecule has 0 fully saturated rings. The second-order valence-electron chi connectivity index (χ2n) is 6.10. The number of rotatable bonds is 4. The molecular weight excluding hydrogens is 300 g/mol. The highest BCUT2D eigenvalue weighted by atomic mass is 16.5. The fourth-order valence-corrected chi connectivity index (χ4v) is 2.85. The van der Waals surface area contributed by atoms with Gasteiger partial charge in [-0.25, -0.2) is 4.79 Å². The Hall–Kier alpha value is -2.50. The largest absolute Gasteiger partial charge is 0.496 e. The van der Waals surface area contributed by atoms with Gasteiger partial charge in [0, 0.05) is 17.4 Å². The number of ether oxygens (including phenoxy) is 3. The number of cyclic esters (lactones) is 1. The van der Waals surface area contributed by atoms with E-state index >= 15 is 0 Å². The van der Waals surface area contributed by atoms with E-state index in [1.54, 1.807) is 13.2 Å². The van der Waals surface area contributed by atoms with E-state index in [-0.39, 0.29) is 19.6 Å². The van der Waals surface area contributed by atoms with Crippen LogP contribution in [0.4, 0.5) is 0 Å². The third-order valence-electron chi connectivity index (χ3n) is 4.25. The van der Waals surface area contributed by atoms with E-state index in [9.17, 15) is 9.59 Å². The summed E-state index contributed by atoms with van der Waals surface area (Å²) in [6, 6.07) is 1.78. The van der Waals surface area contributed by atoms with Crippen LogP contribution in [0.1, 0.15) is 41.3 Å². The summed E-state index contributed by atoms with van der Waals surface area (Å²) in [6.07, 6.45) is 4.27. The van der Waals surface area contributed by atoms with Gasteiger partial charge < -0.3 is 19.3 Å². The van der Waals surface area contributed by atoms with Crippen molar-refractivity contribution in [3.63, 3.8) is 0 Å². The highest BCUT2D eigenvalue weighted by molar-refractivity contribution is 5.98. The Balaban J connectivity index is 2.01. The molecule has 6 heteroatoms. The number of carbonyl (C=O) groups excluding carboxylic acids is 1. The number of hydrogen-bond acceptors (Lipinski definition) is 5. The van der Waals surface area contributed by atoms with E-state index in [0.717, 1.165) is 5.56 Å². The summed E-state index contributed by atoms with van der Waals surface area (Å²) in [5, 5.41) is 8.90. The second kappa shape index (κ2) is 5.61. The van der Waals surface area contributed by atoms with Gasteiger partial charge in [-0.05, 0) is 12.5 Å². The van der Waals surface area contributed by atoms with Crippen LogP contribution in [-0.2, 0) is 16.1 Å². The molecule has 0 aliphatic carbocycles. The van der Waals surface area contributed by atoms with E-state index in [4.69, 9.17) is 19.3 Å². The van der Waals surface area contributed by atoms with Gasteiger partial charge in [0.15, 0.2) is 0 Å². The molecule has 0 bridgehead atoms. The smallest absolute Gasteiger partial charge is 0.342 e. The van der Waals surface area contributed by atoms with Gasteiger partial charge in [0.05, 0.1) is 19.3 Å². The molecule has 3 rings (SSSR count). The molecule has 23 heavy (non-hydrogen) atoms. The van der Waals surface area contributed by atoms with E-state index in [1.165, 1.54) is 0 Å². The number of methoxy groups -OCH3 is 1. The lowest BCUT2D eigenvalue weighted by molar-refractivity contribution is -0.137. The Kier molecular flexibility index (Phi) is 3.75. The van der Waals surface area contributed by atoms with Crippen LogP contribution in [0.2, 0.25) is 0 Å². The molecule has 2 aliphatic rings. The topological polar surface area (TPSA) is 82.1 Å². The maximum Gasteiger partial charge on any atom is 0.342 e. The maximum atomic E-state index is 12.0. The molecule has 0 amide bonds. The van der Waals surface area contributed by atoms with Crippen LogP contribution in [0.5, 0.6) is 11.5 Å². The highest BCUT2D eigenvalue weighted by Gasteiger charge is 2.34. The summed E-state index contributed by atoms with van der Waals surface area (Å²) in [7, 11) is 1.56. The average molecular weight is 318 g/mol. The monoisotopic (exact) mass is 318 g/mol. The first-order chi connectivity index (χ1) is 10.9. The summed E-state index contributed by atoms with van der Waals surface area (Å²) < 4.78 is 16.4. The Morgan fingerprint density at radius 2 is 2.22 bits per heavy atom. The first-order valence-electron chi connectivity index (χ1n) is 7.38. The van der Waals surface area contributed by atoms with Gasteiger partial charge in [0.1, 0.15) is 23.7 Å². The van der Waals surface area contributed by atoms with Crippen LogP contribution >= 0.6 is 0 Å². The van der Waals surface area contributed by atoms with Crippen molar-refractivity contribution >= 4 is 18.0 Å². The Morgan fingerprint density at radius 1 is 1.43 bits per heavy atom. The number of aliphatic carboxylic acids is 1. The molecule has 1 aromatic rings. The Bertz CT molecular complexity index is 706. The second-order valence-corrected chi connectivity index (χ2v) is 6.10. The molecule has 0 spiro atoms. The standard InChI is InChI=1S/C17H18O6/c1-17(6-4-13(18)19)5-3-11-12(21-2)7-10-8-22-16(20)14(10)15(11)23-9-17/h3,5,7H,4,6,8-9H2,1-2H3,(H,18,19)/t17-/m0/s1. The highest BCUT2D eigenvalue weighted by Crippen LogP contribution is 2.43. The lowest BCUT2D eigenvalue weighted by Crippen LogP contribution is -2.23. The van der Waals surface area contributed by atoms with Gasteiger partial charge in [-0.15, -0.1) is 0 Å². The van der Waals surface area contributed by atoms with Crippen LogP contribution in [-0.4, -0.2) is 30.8 Å². The van der Waals surface area contributed by atoms with Crippen molar-refractivity contribution in [2.24, 2.45) is 5.41 Å². The number of esters is 1. The first kappa shape index (κ1) is 15.4. The Morgan fingerprint density at radius 3 is 2.91 bits per heavy atom. The van der Waals surface area contributed by atoms with Crippen molar-refractivity contribution in [1.29, 1.82) is 0 Å². The minimum absolute atomic E-state index is 0.0534.